The second-order valence-electron chi connectivity index (χ2n) is 6.55. The molecule has 0 radical (unpaired) electrons. The summed E-state index contributed by atoms with van der Waals surface area (Å²) in [6, 6.07) is 10.7. The summed E-state index contributed by atoms with van der Waals surface area (Å²) in [6.07, 6.45) is 3.52. The molecule has 6 nitrogen and oxygen atoms in total. The quantitative estimate of drug-likeness (QED) is 0.812. The molecule has 1 aliphatic rings. The van der Waals surface area contributed by atoms with Gasteiger partial charge in [0.15, 0.2) is 0 Å². The summed E-state index contributed by atoms with van der Waals surface area (Å²) in [5, 5.41) is 5.79. The van der Waals surface area contributed by atoms with Crippen molar-refractivity contribution in [1.82, 2.24) is 10.2 Å². The third kappa shape index (κ3) is 4.48. The molecule has 2 aromatic rings. The fourth-order valence-corrected chi connectivity index (χ4v) is 2.64. The summed E-state index contributed by atoms with van der Waals surface area (Å²) in [4.78, 5) is 26.3. The highest BCUT2D eigenvalue weighted by atomic mass is 16.3. The molecule has 1 fully saturated rings. The molecular formula is C19H23N3O3. The van der Waals surface area contributed by atoms with E-state index >= 15 is 0 Å². The van der Waals surface area contributed by atoms with E-state index < -0.39 is 0 Å². The lowest BCUT2D eigenvalue weighted by Gasteiger charge is -2.22. The van der Waals surface area contributed by atoms with Gasteiger partial charge in [-0.2, -0.15) is 0 Å². The van der Waals surface area contributed by atoms with Crippen LogP contribution in [0, 0.1) is 5.92 Å². The predicted octanol–water partition coefficient (Wildman–Crippen LogP) is 2.66. The molecule has 3 rings (SSSR count). The Kier molecular flexibility index (Phi) is 5.19. The average Bonchev–Trinajstić information content (AvgIpc) is 3.31. The minimum absolute atomic E-state index is 0.0306. The van der Waals surface area contributed by atoms with Gasteiger partial charge in [-0.1, -0.05) is 6.07 Å². The number of benzene rings is 1. The van der Waals surface area contributed by atoms with Gasteiger partial charge in [-0.25, -0.2) is 0 Å². The van der Waals surface area contributed by atoms with E-state index in [0.717, 1.165) is 18.6 Å². The highest BCUT2D eigenvalue weighted by Gasteiger charge is 2.29. The lowest BCUT2D eigenvalue weighted by atomic mass is 10.1. The summed E-state index contributed by atoms with van der Waals surface area (Å²) >= 11 is 0. The average molecular weight is 341 g/mol. The van der Waals surface area contributed by atoms with Crippen LogP contribution in [-0.2, 0) is 4.79 Å². The van der Waals surface area contributed by atoms with Crippen LogP contribution in [0.2, 0.25) is 0 Å². The maximum absolute atomic E-state index is 12.5. The van der Waals surface area contributed by atoms with E-state index in [1.807, 2.05) is 31.1 Å². The molecule has 6 heteroatoms. The predicted molar refractivity (Wildman–Crippen MR) is 95.3 cm³/mol. The third-order valence-corrected chi connectivity index (χ3v) is 4.29. The number of rotatable bonds is 7. The normalized spacial score (nSPS) is 15.0. The van der Waals surface area contributed by atoms with Crippen LogP contribution in [-0.4, -0.2) is 37.4 Å². The van der Waals surface area contributed by atoms with E-state index in [2.05, 4.69) is 10.6 Å². The molecule has 1 unspecified atom stereocenters. The molecule has 132 valence electrons. The van der Waals surface area contributed by atoms with Crippen molar-refractivity contribution in [2.24, 2.45) is 5.92 Å². The monoisotopic (exact) mass is 341 g/mol. The second-order valence-corrected chi connectivity index (χ2v) is 6.55. The van der Waals surface area contributed by atoms with Crippen molar-refractivity contribution >= 4 is 17.5 Å². The van der Waals surface area contributed by atoms with Crippen LogP contribution in [0.3, 0.4) is 0 Å². The Balaban J connectivity index is 1.61. The highest BCUT2D eigenvalue weighted by molar-refractivity contribution is 5.98. The summed E-state index contributed by atoms with van der Waals surface area (Å²) in [5.41, 5.74) is 1.17. The third-order valence-electron chi connectivity index (χ3n) is 4.29. The Labute approximate surface area is 147 Å². The van der Waals surface area contributed by atoms with Gasteiger partial charge >= 0.3 is 0 Å². The van der Waals surface area contributed by atoms with Crippen molar-refractivity contribution in [3.63, 3.8) is 0 Å². The van der Waals surface area contributed by atoms with E-state index in [9.17, 15) is 9.59 Å². The SMILES string of the molecule is CN(C)C(CNC(=O)c1cccc(NC(=O)C2CC2)c1)c1ccco1. The van der Waals surface area contributed by atoms with Crippen LogP contribution < -0.4 is 10.6 Å². The van der Waals surface area contributed by atoms with Crippen LogP contribution in [0.15, 0.2) is 47.1 Å². The van der Waals surface area contributed by atoms with Crippen LogP contribution in [0.25, 0.3) is 0 Å². The van der Waals surface area contributed by atoms with Gasteiger partial charge in [0.2, 0.25) is 5.91 Å². The van der Waals surface area contributed by atoms with Gasteiger partial charge in [0.25, 0.3) is 5.91 Å². The number of carbonyl (C=O) groups excluding carboxylic acids is 2. The second kappa shape index (κ2) is 7.53. The molecule has 1 heterocycles. The molecule has 2 N–H and O–H groups in total. The first kappa shape index (κ1) is 17.2. The highest BCUT2D eigenvalue weighted by Crippen LogP contribution is 2.30. The molecule has 25 heavy (non-hydrogen) atoms. The van der Waals surface area contributed by atoms with Crippen molar-refractivity contribution in [3.05, 3.63) is 54.0 Å². The molecule has 0 bridgehead atoms. The summed E-state index contributed by atoms with van der Waals surface area (Å²) < 4.78 is 5.45. The van der Waals surface area contributed by atoms with Gasteiger partial charge in [-0.15, -0.1) is 0 Å². The van der Waals surface area contributed by atoms with Crippen molar-refractivity contribution in [1.29, 1.82) is 0 Å². The van der Waals surface area contributed by atoms with Crippen molar-refractivity contribution in [3.8, 4) is 0 Å². The Hall–Kier alpha value is -2.60. The fourth-order valence-electron chi connectivity index (χ4n) is 2.64. The van der Waals surface area contributed by atoms with Gasteiger partial charge in [-0.05, 0) is 57.3 Å². The first-order chi connectivity index (χ1) is 12.0. The zero-order valence-corrected chi connectivity index (χ0v) is 14.5. The molecule has 1 atom stereocenters. The number of hydrogen-bond acceptors (Lipinski definition) is 4. The van der Waals surface area contributed by atoms with Gasteiger partial charge in [0, 0.05) is 23.7 Å². The topological polar surface area (TPSA) is 74.6 Å². The van der Waals surface area contributed by atoms with Crippen LogP contribution in [0.5, 0.6) is 0 Å². The summed E-state index contributed by atoms with van der Waals surface area (Å²) in [6.45, 7) is 0.429. The van der Waals surface area contributed by atoms with E-state index in [1.165, 1.54) is 0 Å². The maximum Gasteiger partial charge on any atom is 0.251 e. The Morgan fingerprint density at radius 1 is 1.24 bits per heavy atom. The Morgan fingerprint density at radius 2 is 2.04 bits per heavy atom. The number of anilines is 1. The van der Waals surface area contributed by atoms with E-state index in [1.54, 1.807) is 30.5 Å². The number of carbonyl (C=O) groups is 2. The molecule has 1 saturated carbocycles. The van der Waals surface area contributed by atoms with Gasteiger partial charge in [-0.3, -0.25) is 14.5 Å². The minimum atomic E-state index is -0.180. The van der Waals surface area contributed by atoms with Crippen LogP contribution >= 0.6 is 0 Å². The van der Waals surface area contributed by atoms with E-state index in [0.29, 0.717) is 17.8 Å². The largest absolute Gasteiger partial charge is 0.468 e. The van der Waals surface area contributed by atoms with Crippen LogP contribution in [0.4, 0.5) is 5.69 Å². The molecule has 0 aliphatic heterocycles. The number of furan rings is 1. The summed E-state index contributed by atoms with van der Waals surface area (Å²) in [7, 11) is 3.88. The summed E-state index contributed by atoms with van der Waals surface area (Å²) in [5.74, 6) is 0.784. The maximum atomic E-state index is 12.5. The molecule has 1 aliphatic carbocycles. The smallest absolute Gasteiger partial charge is 0.251 e. The van der Waals surface area contributed by atoms with Crippen molar-refractivity contribution in [2.75, 3.05) is 26.0 Å². The standard InChI is InChI=1S/C19H23N3O3/c1-22(2)16(17-7-4-10-25-17)12-20-18(23)14-5-3-6-15(11-14)21-19(24)13-8-9-13/h3-7,10-11,13,16H,8-9,12H2,1-2H3,(H,20,23)(H,21,24). The number of likely N-dealkylation sites (N-methyl/N-ethyl adjacent to an activating group) is 1. The molecular weight excluding hydrogens is 318 g/mol. The van der Waals surface area contributed by atoms with Crippen LogP contribution in [0.1, 0.15) is 35.0 Å². The minimum Gasteiger partial charge on any atom is -0.468 e. The molecule has 1 aromatic heterocycles. The first-order valence-electron chi connectivity index (χ1n) is 8.43. The molecule has 2 amide bonds. The molecule has 0 saturated heterocycles. The van der Waals surface area contributed by atoms with Gasteiger partial charge in [0.1, 0.15) is 5.76 Å². The van der Waals surface area contributed by atoms with E-state index in [4.69, 9.17) is 4.42 Å². The van der Waals surface area contributed by atoms with Crippen molar-refractivity contribution < 1.29 is 14.0 Å². The number of nitrogens with one attached hydrogen (secondary N) is 2. The molecule has 1 aromatic carbocycles. The van der Waals surface area contributed by atoms with Gasteiger partial charge < -0.3 is 15.1 Å². The first-order valence-corrected chi connectivity index (χ1v) is 8.43. The molecule has 0 spiro atoms. The number of hydrogen-bond donors (Lipinski definition) is 2. The fraction of sp³-hybridized carbons (Fsp3) is 0.368. The number of amides is 2. The lowest BCUT2D eigenvalue weighted by Crippen LogP contribution is -2.34. The van der Waals surface area contributed by atoms with Gasteiger partial charge in [0.05, 0.1) is 12.3 Å². The zero-order chi connectivity index (χ0) is 17.8. The Morgan fingerprint density at radius 3 is 2.68 bits per heavy atom. The Bertz CT molecular complexity index is 736. The number of nitrogens with zero attached hydrogens (tertiary/aromatic N) is 1. The lowest BCUT2D eigenvalue weighted by molar-refractivity contribution is -0.117. The zero-order valence-electron chi connectivity index (χ0n) is 14.5. The van der Waals surface area contributed by atoms with Crippen molar-refractivity contribution in [2.45, 2.75) is 18.9 Å². The van der Waals surface area contributed by atoms with E-state index in [-0.39, 0.29) is 23.8 Å².